The Balaban J connectivity index is 2.41. The number of aryl methyl sites for hydroxylation is 2. The first kappa shape index (κ1) is 10.8. The fourth-order valence-corrected chi connectivity index (χ4v) is 2.25. The molecule has 0 aliphatic carbocycles. The van der Waals surface area contributed by atoms with E-state index >= 15 is 0 Å². The van der Waals surface area contributed by atoms with Crippen LogP contribution in [0.5, 0.6) is 0 Å². The maximum Gasteiger partial charge on any atom is 0.347 e. The lowest BCUT2D eigenvalue weighted by atomic mass is 10.3. The van der Waals surface area contributed by atoms with Crippen molar-refractivity contribution in [1.82, 2.24) is 14.8 Å². The Morgan fingerprint density at radius 3 is 2.88 bits per heavy atom. The lowest BCUT2D eigenvalue weighted by Crippen LogP contribution is -1.94. The molecule has 5 nitrogen and oxygen atoms in total. The van der Waals surface area contributed by atoms with Crippen LogP contribution in [0.1, 0.15) is 22.3 Å². The van der Waals surface area contributed by atoms with E-state index in [0.717, 1.165) is 12.1 Å². The van der Waals surface area contributed by atoms with Crippen LogP contribution in [0.2, 0.25) is 0 Å². The summed E-state index contributed by atoms with van der Waals surface area (Å²) in [6.07, 6.45) is 3.57. The molecule has 2 rings (SSSR count). The van der Waals surface area contributed by atoms with E-state index in [-0.39, 0.29) is 0 Å². The molecule has 6 heteroatoms. The van der Waals surface area contributed by atoms with Gasteiger partial charge in [0, 0.05) is 18.3 Å². The highest BCUT2D eigenvalue weighted by Crippen LogP contribution is 2.27. The van der Waals surface area contributed by atoms with Crippen molar-refractivity contribution in [2.75, 3.05) is 0 Å². The van der Waals surface area contributed by atoms with Gasteiger partial charge in [-0.25, -0.2) is 9.78 Å². The molecule has 0 amide bonds. The van der Waals surface area contributed by atoms with Crippen molar-refractivity contribution >= 4 is 17.3 Å². The van der Waals surface area contributed by atoms with Crippen LogP contribution in [0.4, 0.5) is 0 Å². The number of thiazole rings is 1. The summed E-state index contributed by atoms with van der Waals surface area (Å²) in [5.74, 6) is -0.927. The monoisotopic (exact) mass is 237 g/mol. The van der Waals surface area contributed by atoms with E-state index in [2.05, 4.69) is 10.1 Å². The molecule has 2 aromatic rings. The van der Waals surface area contributed by atoms with Crippen LogP contribution in [0.25, 0.3) is 10.6 Å². The lowest BCUT2D eigenvalue weighted by Gasteiger charge is -1.90. The summed E-state index contributed by atoms with van der Waals surface area (Å²) < 4.78 is 1.78. The van der Waals surface area contributed by atoms with E-state index in [1.807, 2.05) is 13.1 Å². The highest BCUT2D eigenvalue weighted by Gasteiger charge is 2.15. The third-order valence-corrected chi connectivity index (χ3v) is 3.39. The molecular formula is C10H11N3O2S. The molecule has 0 fully saturated rings. The first-order valence-electron chi connectivity index (χ1n) is 4.85. The number of carbonyl (C=O) groups is 1. The topological polar surface area (TPSA) is 68.0 Å². The molecule has 0 atom stereocenters. The predicted octanol–water partition coefficient (Wildman–Crippen LogP) is 2.03. The van der Waals surface area contributed by atoms with E-state index in [9.17, 15) is 4.79 Å². The molecule has 0 aliphatic rings. The number of aromatic carboxylic acids is 1. The summed E-state index contributed by atoms with van der Waals surface area (Å²) >= 11 is 1.18. The number of aromatic nitrogens is 3. The minimum absolute atomic E-state index is 0.291. The van der Waals surface area contributed by atoms with Crippen LogP contribution >= 0.6 is 11.3 Å². The van der Waals surface area contributed by atoms with Gasteiger partial charge in [-0.15, -0.1) is 11.3 Å². The molecule has 2 aromatic heterocycles. The molecule has 16 heavy (non-hydrogen) atoms. The Morgan fingerprint density at radius 1 is 1.62 bits per heavy atom. The van der Waals surface area contributed by atoms with Crippen LogP contribution in [0.3, 0.4) is 0 Å². The summed E-state index contributed by atoms with van der Waals surface area (Å²) in [4.78, 5) is 15.4. The average Bonchev–Trinajstić information content (AvgIpc) is 2.83. The van der Waals surface area contributed by atoms with Gasteiger partial charge in [-0.05, 0) is 13.8 Å². The Kier molecular flexibility index (Phi) is 2.74. The quantitative estimate of drug-likeness (QED) is 0.886. The Labute approximate surface area is 96.4 Å². The molecule has 1 N–H and O–H groups in total. The Bertz CT molecular complexity index is 530. The van der Waals surface area contributed by atoms with Crippen LogP contribution in [-0.4, -0.2) is 25.8 Å². The Morgan fingerprint density at radius 2 is 2.38 bits per heavy atom. The normalized spacial score (nSPS) is 10.6. The fraction of sp³-hybridized carbons (Fsp3) is 0.300. The van der Waals surface area contributed by atoms with Gasteiger partial charge in [0.1, 0.15) is 9.88 Å². The van der Waals surface area contributed by atoms with Crippen LogP contribution < -0.4 is 0 Å². The molecule has 0 radical (unpaired) electrons. The van der Waals surface area contributed by atoms with Crippen molar-refractivity contribution in [1.29, 1.82) is 0 Å². The average molecular weight is 237 g/mol. The van der Waals surface area contributed by atoms with Crippen molar-refractivity contribution < 1.29 is 9.90 Å². The van der Waals surface area contributed by atoms with E-state index in [1.54, 1.807) is 17.8 Å². The molecular weight excluding hydrogens is 226 g/mol. The SMILES string of the molecule is CCn1cc(-c2nc(C)c(C(=O)O)s2)cn1. The van der Waals surface area contributed by atoms with Gasteiger partial charge in [0.15, 0.2) is 0 Å². The molecule has 2 heterocycles. The van der Waals surface area contributed by atoms with E-state index in [4.69, 9.17) is 5.11 Å². The summed E-state index contributed by atoms with van der Waals surface area (Å²) in [5.41, 5.74) is 1.42. The zero-order chi connectivity index (χ0) is 11.7. The second-order valence-corrected chi connectivity index (χ2v) is 4.32. The van der Waals surface area contributed by atoms with Crippen molar-refractivity contribution in [3.63, 3.8) is 0 Å². The maximum atomic E-state index is 10.9. The molecule has 0 aromatic carbocycles. The largest absolute Gasteiger partial charge is 0.477 e. The third kappa shape index (κ3) is 1.83. The molecule has 84 valence electrons. The Hall–Kier alpha value is -1.69. The van der Waals surface area contributed by atoms with Gasteiger partial charge < -0.3 is 5.11 Å². The summed E-state index contributed by atoms with van der Waals surface area (Å²) in [6.45, 7) is 4.48. The number of nitrogens with zero attached hydrogens (tertiary/aromatic N) is 3. The number of rotatable bonds is 3. The smallest absolute Gasteiger partial charge is 0.347 e. The number of hydrogen-bond donors (Lipinski definition) is 1. The van der Waals surface area contributed by atoms with Gasteiger partial charge in [-0.3, -0.25) is 4.68 Å². The van der Waals surface area contributed by atoms with E-state index < -0.39 is 5.97 Å². The zero-order valence-corrected chi connectivity index (χ0v) is 9.78. The van der Waals surface area contributed by atoms with Gasteiger partial charge in [-0.1, -0.05) is 0 Å². The first-order valence-corrected chi connectivity index (χ1v) is 5.67. The van der Waals surface area contributed by atoms with Gasteiger partial charge in [-0.2, -0.15) is 5.10 Å². The van der Waals surface area contributed by atoms with Crippen molar-refractivity contribution in [3.05, 3.63) is 23.0 Å². The van der Waals surface area contributed by atoms with Gasteiger partial charge in [0.05, 0.1) is 11.9 Å². The lowest BCUT2D eigenvalue weighted by molar-refractivity contribution is 0.0701. The molecule has 0 saturated heterocycles. The highest BCUT2D eigenvalue weighted by molar-refractivity contribution is 7.17. The number of hydrogen-bond acceptors (Lipinski definition) is 4. The van der Waals surface area contributed by atoms with E-state index in [0.29, 0.717) is 15.6 Å². The number of carboxylic acids is 1. The van der Waals surface area contributed by atoms with Gasteiger partial charge in [0.25, 0.3) is 0 Å². The first-order chi connectivity index (χ1) is 7.61. The minimum atomic E-state index is -0.927. The van der Waals surface area contributed by atoms with Gasteiger partial charge in [0.2, 0.25) is 0 Å². The van der Waals surface area contributed by atoms with E-state index in [1.165, 1.54) is 11.3 Å². The van der Waals surface area contributed by atoms with Crippen LogP contribution in [0, 0.1) is 6.92 Å². The number of carboxylic acid groups (broad SMARTS) is 1. The maximum absolute atomic E-state index is 10.9. The second-order valence-electron chi connectivity index (χ2n) is 3.32. The van der Waals surface area contributed by atoms with Crippen LogP contribution in [-0.2, 0) is 6.54 Å². The zero-order valence-electron chi connectivity index (χ0n) is 8.97. The van der Waals surface area contributed by atoms with Crippen molar-refractivity contribution in [3.8, 4) is 10.6 Å². The van der Waals surface area contributed by atoms with Crippen molar-refractivity contribution in [2.24, 2.45) is 0 Å². The molecule has 0 unspecified atom stereocenters. The fourth-order valence-electron chi connectivity index (χ4n) is 1.37. The minimum Gasteiger partial charge on any atom is -0.477 e. The molecule has 0 saturated carbocycles. The second kappa shape index (κ2) is 4.05. The molecule has 0 bridgehead atoms. The molecule has 0 aliphatic heterocycles. The summed E-state index contributed by atoms with van der Waals surface area (Å²) in [6, 6.07) is 0. The third-order valence-electron chi connectivity index (χ3n) is 2.20. The van der Waals surface area contributed by atoms with Gasteiger partial charge >= 0.3 is 5.97 Å². The summed E-state index contributed by atoms with van der Waals surface area (Å²) in [7, 11) is 0. The summed E-state index contributed by atoms with van der Waals surface area (Å²) in [5, 5.41) is 13.8. The predicted molar refractivity (Wildman–Crippen MR) is 60.7 cm³/mol. The van der Waals surface area contributed by atoms with Crippen LogP contribution in [0.15, 0.2) is 12.4 Å². The standard InChI is InChI=1S/C10H11N3O2S/c1-3-13-5-7(4-11-13)9-12-6(2)8(16-9)10(14)15/h4-5H,3H2,1-2H3,(H,14,15). The van der Waals surface area contributed by atoms with Crippen molar-refractivity contribution in [2.45, 2.75) is 20.4 Å². The highest BCUT2D eigenvalue weighted by atomic mass is 32.1. The molecule has 0 spiro atoms.